The molecule has 0 fully saturated rings. The predicted molar refractivity (Wildman–Crippen MR) is 67.7 cm³/mol. The maximum absolute atomic E-state index is 11.8. The van der Waals surface area contributed by atoms with Crippen LogP contribution >= 0.6 is 0 Å². The number of methoxy groups -OCH3 is 1. The molecule has 2 aromatic carbocycles. The van der Waals surface area contributed by atoms with Crippen LogP contribution < -0.4 is 9.47 Å². The van der Waals surface area contributed by atoms with E-state index in [1.807, 2.05) is 0 Å². The second-order valence-corrected chi connectivity index (χ2v) is 3.77. The van der Waals surface area contributed by atoms with Gasteiger partial charge in [0.2, 0.25) is 0 Å². The fourth-order valence-corrected chi connectivity index (χ4v) is 1.48. The molecular formula is C14H12O5. The molecule has 0 aliphatic rings. The van der Waals surface area contributed by atoms with Gasteiger partial charge >= 0.3 is 5.97 Å². The standard InChI is InChI=1S/C14H12O5/c1-18-11-5-2-9(3-6-11)14(17)19-13-7-4-10(15)8-12(13)16/h2-8,15-16H,1H3. The molecule has 0 amide bonds. The molecule has 2 aromatic rings. The predicted octanol–water partition coefficient (Wildman–Crippen LogP) is 2.33. The van der Waals surface area contributed by atoms with Crippen LogP contribution in [-0.2, 0) is 0 Å². The number of esters is 1. The van der Waals surface area contributed by atoms with Crippen molar-refractivity contribution in [2.24, 2.45) is 0 Å². The maximum Gasteiger partial charge on any atom is 0.343 e. The van der Waals surface area contributed by atoms with Crippen LogP contribution in [0.25, 0.3) is 0 Å². The third-order valence-corrected chi connectivity index (χ3v) is 2.47. The lowest BCUT2D eigenvalue weighted by Crippen LogP contribution is -2.08. The average molecular weight is 260 g/mol. The molecule has 2 rings (SSSR count). The van der Waals surface area contributed by atoms with Crippen molar-refractivity contribution in [1.82, 2.24) is 0 Å². The van der Waals surface area contributed by atoms with Gasteiger partial charge in [0.05, 0.1) is 12.7 Å². The molecule has 19 heavy (non-hydrogen) atoms. The van der Waals surface area contributed by atoms with Gasteiger partial charge in [0.25, 0.3) is 0 Å². The van der Waals surface area contributed by atoms with Crippen LogP contribution in [0.3, 0.4) is 0 Å². The van der Waals surface area contributed by atoms with Crippen molar-refractivity contribution >= 4 is 5.97 Å². The molecule has 0 bridgehead atoms. The third kappa shape index (κ3) is 2.95. The summed E-state index contributed by atoms with van der Waals surface area (Å²) < 4.78 is 10.00. The summed E-state index contributed by atoms with van der Waals surface area (Å²) in [6.07, 6.45) is 0. The van der Waals surface area contributed by atoms with Crippen LogP contribution in [0.1, 0.15) is 10.4 Å². The lowest BCUT2D eigenvalue weighted by molar-refractivity contribution is 0.0729. The third-order valence-electron chi connectivity index (χ3n) is 2.47. The van der Waals surface area contributed by atoms with Gasteiger partial charge in [-0.15, -0.1) is 0 Å². The Labute approximate surface area is 109 Å². The van der Waals surface area contributed by atoms with Crippen molar-refractivity contribution in [2.75, 3.05) is 7.11 Å². The Morgan fingerprint density at radius 3 is 2.32 bits per heavy atom. The van der Waals surface area contributed by atoms with E-state index in [4.69, 9.17) is 14.6 Å². The van der Waals surface area contributed by atoms with Crippen molar-refractivity contribution in [2.45, 2.75) is 0 Å². The minimum Gasteiger partial charge on any atom is -0.508 e. The van der Waals surface area contributed by atoms with Gasteiger partial charge in [0.1, 0.15) is 11.5 Å². The molecule has 0 aromatic heterocycles. The Hall–Kier alpha value is -2.69. The first kappa shape index (κ1) is 12.8. The molecule has 5 nitrogen and oxygen atoms in total. The van der Waals surface area contributed by atoms with Crippen molar-refractivity contribution in [3.8, 4) is 23.0 Å². The second kappa shape index (κ2) is 5.30. The summed E-state index contributed by atoms with van der Waals surface area (Å²) in [6, 6.07) is 10.1. The summed E-state index contributed by atoms with van der Waals surface area (Å²) in [5.41, 5.74) is 0.327. The van der Waals surface area contributed by atoms with Gasteiger partial charge in [-0.2, -0.15) is 0 Å². The van der Waals surface area contributed by atoms with E-state index in [0.717, 1.165) is 6.07 Å². The highest BCUT2D eigenvalue weighted by Crippen LogP contribution is 2.30. The minimum atomic E-state index is -0.608. The summed E-state index contributed by atoms with van der Waals surface area (Å²) in [5, 5.41) is 18.6. The Balaban J connectivity index is 2.15. The number of ether oxygens (including phenoxy) is 2. The molecule has 2 N–H and O–H groups in total. The molecule has 0 spiro atoms. The molecule has 0 saturated carbocycles. The largest absolute Gasteiger partial charge is 0.508 e. The molecule has 0 aliphatic heterocycles. The second-order valence-electron chi connectivity index (χ2n) is 3.77. The van der Waals surface area contributed by atoms with Crippen molar-refractivity contribution in [3.63, 3.8) is 0 Å². The molecule has 0 aliphatic carbocycles. The number of carbonyl (C=O) groups is 1. The molecular weight excluding hydrogens is 248 g/mol. The average Bonchev–Trinajstić information content (AvgIpc) is 2.42. The lowest BCUT2D eigenvalue weighted by Gasteiger charge is -2.07. The monoisotopic (exact) mass is 260 g/mol. The fraction of sp³-hybridized carbons (Fsp3) is 0.0714. The van der Waals surface area contributed by atoms with Crippen molar-refractivity contribution in [3.05, 3.63) is 48.0 Å². The SMILES string of the molecule is COc1ccc(C(=O)Oc2ccc(O)cc2O)cc1. The first-order valence-electron chi connectivity index (χ1n) is 5.48. The van der Waals surface area contributed by atoms with E-state index in [1.165, 1.54) is 19.2 Å². The van der Waals surface area contributed by atoms with Gasteiger partial charge in [0.15, 0.2) is 11.5 Å². The molecule has 0 atom stereocenters. The number of benzene rings is 2. The molecule has 0 heterocycles. The molecule has 0 unspecified atom stereocenters. The summed E-state index contributed by atoms with van der Waals surface area (Å²) in [5.74, 6) is -0.408. The topological polar surface area (TPSA) is 76.0 Å². The quantitative estimate of drug-likeness (QED) is 0.654. The van der Waals surface area contributed by atoms with E-state index in [1.54, 1.807) is 24.3 Å². The zero-order valence-corrected chi connectivity index (χ0v) is 10.2. The number of aromatic hydroxyl groups is 2. The Kier molecular flexibility index (Phi) is 3.56. The first-order chi connectivity index (χ1) is 9.10. The van der Waals surface area contributed by atoms with Crippen LogP contribution in [-0.4, -0.2) is 23.3 Å². The highest BCUT2D eigenvalue weighted by atomic mass is 16.5. The van der Waals surface area contributed by atoms with Crippen LogP contribution in [0.5, 0.6) is 23.0 Å². The van der Waals surface area contributed by atoms with E-state index < -0.39 is 5.97 Å². The van der Waals surface area contributed by atoms with Gasteiger partial charge in [-0.25, -0.2) is 4.79 Å². The zero-order valence-electron chi connectivity index (χ0n) is 10.2. The highest BCUT2D eigenvalue weighted by Gasteiger charge is 2.12. The van der Waals surface area contributed by atoms with E-state index in [0.29, 0.717) is 11.3 Å². The number of hydrogen-bond acceptors (Lipinski definition) is 5. The Bertz CT molecular complexity index is 589. The zero-order chi connectivity index (χ0) is 13.8. The number of hydrogen-bond donors (Lipinski definition) is 2. The van der Waals surface area contributed by atoms with Crippen molar-refractivity contribution < 1.29 is 24.5 Å². The fourth-order valence-electron chi connectivity index (χ4n) is 1.48. The summed E-state index contributed by atoms with van der Waals surface area (Å²) >= 11 is 0. The van der Waals surface area contributed by atoms with E-state index in [-0.39, 0.29) is 17.2 Å². The van der Waals surface area contributed by atoms with Gasteiger partial charge in [-0.3, -0.25) is 0 Å². The molecule has 0 radical (unpaired) electrons. The highest BCUT2D eigenvalue weighted by molar-refractivity contribution is 5.91. The van der Waals surface area contributed by atoms with E-state index in [9.17, 15) is 9.90 Å². The van der Waals surface area contributed by atoms with Gasteiger partial charge in [0, 0.05) is 6.07 Å². The van der Waals surface area contributed by atoms with Crippen LogP contribution in [0, 0.1) is 0 Å². The maximum atomic E-state index is 11.8. The summed E-state index contributed by atoms with van der Waals surface area (Å²) in [7, 11) is 1.53. The van der Waals surface area contributed by atoms with E-state index in [2.05, 4.69) is 0 Å². The van der Waals surface area contributed by atoms with Crippen molar-refractivity contribution in [1.29, 1.82) is 0 Å². The summed E-state index contributed by atoms with van der Waals surface area (Å²) in [4.78, 5) is 11.8. The van der Waals surface area contributed by atoms with Gasteiger partial charge in [-0.1, -0.05) is 0 Å². The lowest BCUT2D eigenvalue weighted by atomic mass is 10.2. The van der Waals surface area contributed by atoms with Crippen LogP contribution in [0.4, 0.5) is 0 Å². The van der Waals surface area contributed by atoms with Crippen LogP contribution in [0.2, 0.25) is 0 Å². The smallest absolute Gasteiger partial charge is 0.343 e. The minimum absolute atomic E-state index is 0.0152. The normalized spacial score (nSPS) is 9.95. The number of rotatable bonds is 3. The first-order valence-corrected chi connectivity index (χ1v) is 5.48. The van der Waals surface area contributed by atoms with Gasteiger partial charge in [-0.05, 0) is 36.4 Å². The number of carbonyl (C=O) groups excluding carboxylic acids is 1. The molecule has 98 valence electrons. The summed E-state index contributed by atoms with van der Waals surface area (Å²) in [6.45, 7) is 0. The number of phenols is 2. The Morgan fingerprint density at radius 2 is 1.74 bits per heavy atom. The van der Waals surface area contributed by atoms with Gasteiger partial charge < -0.3 is 19.7 Å². The molecule has 5 heteroatoms. The molecule has 0 saturated heterocycles. The van der Waals surface area contributed by atoms with Crippen LogP contribution in [0.15, 0.2) is 42.5 Å². The number of phenolic OH excluding ortho intramolecular Hbond substituents is 2. The Morgan fingerprint density at radius 1 is 1.05 bits per heavy atom. The van der Waals surface area contributed by atoms with E-state index >= 15 is 0 Å².